The fourth-order valence-corrected chi connectivity index (χ4v) is 3.46. The first-order valence-electron chi connectivity index (χ1n) is 8.21. The molecule has 0 bridgehead atoms. The lowest BCUT2D eigenvalue weighted by Gasteiger charge is -2.17. The monoisotopic (exact) mass is 409 g/mol. The molecular weight excluding hydrogens is 391 g/mol. The largest absolute Gasteiger partial charge is 0.496 e. The van der Waals surface area contributed by atoms with Gasteiger partial charge in [-0.05, 0) is 26.0 Å². The molecule has 0 saturated carbocycles. The number of alkyl halides is 3. The average molecular weight is 409 g/mol. The molecule has 1 aromatic heterocycles. The summed E-state index contributed by atoms with van der Waals surface area (Å²) in [6.45, 7) is 3.18. The number of amides is 1. The van der Waals surface area contributed by atoms with Gasteiger partial charge in [0.15, 0.2) is 0 Å². The normalized spacial score (nSPS) is 12.2. The molecule has 0 radical (unpaired) electrons. The van der Waals surface area contributed by atoms with Gasteiger partial charge in [0.1, 0.15) is 16.8 Å². The highest BCUT2D eigenvalue weighted by Gasteiger charge is 2.35. The number of hydrogen-bond acceptors (Lipinski definition) is 5. The smallest absolute Gasteiger partial charge is 0.417 e. The fourth-order valence-electron chi connectivity index (χ4n) is 2.60. The summed E-state index contributed by atoms with van der Waals surface area (Å²) in [5.41, 5.74) is -0.729. The van der Waals surface area contributed by atoms with Gasteiger partial charge < -0.3 is 10.1 Å². The van der Waals surface area contributed by atoms with Gasteiger partial charge in [0.2, 0.25) is 5.91 Å². The number of aryl methyl sites for hydroxylation is 1. The number of rotatable bonds is 6. The second-order valence-electron chi connectivity index (χ2n) is 5.92. The van der Waals surface area contributed by atoms with Gasteiger partial charge in [-0.15, -0.1) is 0 Å². The SMILES string of the molecule is COc1ccccc1C(C)NC(=O)CSc1nc(C)cc(C(F)(F)F)c1C#N. The van der Waals surface area contributed by atoms with Crippen molar-refractivity contribution in [3.8, 4) is 11.8 Å². The van der Waals surface area contributed by atoms with Crippen LogP contribution in [0.5, 0.6) is 5.75 Å². The van der Waals surface area contributed by atoms with Crippen LogP contribution >= 0.6 is 11.8 Å². The summed E-state index contributed by atoms with van der Waals surface area (Å²) in [4.78, 5) is 16.3. The van der Waals surface area contributed by atoms with E-state index in [2.05, 4.69) is 10.3 Å². The average Bonchev–Trinajstić information content (AvgIpc) is 2.65. The summed E-state index contributed by atoms with van der Waals surface area (Å²) in [5, 5.41) is 11.8. The van der Waals surface area contributed by atoms with Gasteiger partial charge in [-0.2, -0.15) is 18.4 Å². The van der Waals surface area contributed by atoms with Crippen molar-refractivity contribution in [2.24, 2.45) is 0 Å². The van der Waals surface area contributed by atoms with Gasteiger partial charge in [0.05, 0.1) is 30.0 Å². The van der Waals surface area contributed by atoms with Crippen molar-refractivity contribution in [2.75, 3.05) is 12.9 Å². The summed E-state index contributed by atoms with van der Waals surface area (Å²) in [5.74, 6) is 0.0381. The van der Waals surface area contributed by atoms with Crippen LogP contribution in [0.4, 0.5) is 13.2 Å². The quantitative estimate of drug-likeness (QED) is 0.722. The van der Waals surface area contributed by atoms with E-state index in [9.17, 15) is 18.0 Å². The number of benzene rings is 1. The molecule has 0 aliphatic heterocycles. The van der Waals surface area contributed by atoms with Crippen molar-refractivity contribution in [2.45, 2.75) is 31.1 Å². The van der Waals surface area contributed by atoms with Crippen LogP contribution in [0.25, 0.3) is 0 Å². The van der Waals surface area contributed by atoms with Crippen LogP contribution in [0.3, 0.4) is 0 Å². The van der Waals surface area contributed by atoms with Gasteiger partial charge in [-0.3, -0.25) is 4.79 Å². The highest BCUT2D eigenvalue weighted by molar-refractivity contribution is 8.00. The first-order valence-corrected chi connectivity index (χ1v) is 9.20. The maximum Gasteiger partial charge on any atom is 0.417 e. The standard InChI is InChI=1S/C19H18F3N3O2S/c1-11-8-15(19(20,21)22)14(9-23)18(24-11)28-10-17(26)25-12(2)13-6-4-5-7-16(13)27-3/h4-8,12H,10H2,1-3H3,(H,25,26). The molecule has 28 heavy (non-hydrogen) atoms. The van der Waals surface area contributed by atoms with Crippen molar-refractivity contribution in [1.82, 2.24) is 10.3 Å². The molecule has 1 N–H and O–H groups in total. The van der Waals surface area contributed by atoms with E-state index in [1.807, 2.05) is 12.1 Å². The zero-order chi connectivity index (χ0) is 20.9. The Bertz CT molecular complexity index is 910. The van der Waals surface area contributed by atoms with Crippen molar-refractivity contribution in [3.63, 3.8) is 0 Å². The van der Waals surface area contributed by atoms with Gasteiger partial charge in [-0.1, -0.05) is 30.0 Å². The lowest BCUT2D eigenvalue weighted by Crippen LogP contribution is -2.28. The van der Waals surface area contributed by atoms with E-state index >= 15 is 0 Å². The van der Waals surface area contributed by atoms with E-state index in [4.69, 9.17) is 10.00 Å². The predicted molar refractivity (Wildman–Crippen MR) is 99.0 cm³/mol. The zero-order valence-electron chi connectivity index (χ0n) is 15.4. The predicted octanol–water partition coefficient (Wildman–Crippen LogP) is 4.26. The highest BCUT2D eigenvalue weighted by atomic mass is 32.2. The van der Waals surface area contributed by atoms with E-state index in [1.165, 1.54) is 14.0 Å². The second-order valence-corrected chi connectivity index (χ2v) is 6.88. The van der Waals surface area contributed by atoms with E-state index < -0.39 is 23.2 Å². The summed E-state index contributed by atoms with van der Waals surface area (Å²) in [7, 11) is 1.52. The van der Waals surface area contributed by atoms with Crippen molar-refractivity contribution in [1.29, 1.82) is 5.26 Å². The number of nitrogens with zero attached hydrogens (tertiary/aromatic N) is 2. The number of nitrogens with one attached hydrogen (secondary N) is 1. The number of para-hydroxylation sites is 1. The third-order valence-corrected chi connectivity index (χ3v) is 4.83. The van der Waals surface area contributed by atoms with Gasteiger partial charge in [-0.25, -0.2) is 4.98 Å². The number of carbonyl (C=O) groups excluding carboxylic acids is 1. The highest BCUT2D eigenvalue weighted by Crippen LogP contribution is 2.35. The molecule has 1 aromatic carbocycles. The molecule has 148 valence electrons. The minimum absolute atomic E-state index is 0.116. The van der Waals surface area contributed by atoms with Crippen LogP contribution in [-0.4, -0.2) is 23.8 Å². The van der Waals surface area contributed by atoms with Crippen LogP contribution in [0.2, 0.25) is 0 Å². The maximum absolute atomic E-state index is 13.1. The molecule has 0 spiro atoms. The Morgan fingerprint density at radius 2 is 2.07 bits per heavy atom. The first-order chi connectivity index (χ1) is 13.2. The number of pyridine rings is 1. The van der Waals surface area contributed by atoms with E-state index in [-0.39, 0.29) is 22.5 Å². The molecule has 2 rings (SSSR count). The Labute approximate surface area is 164 Å². The Morgan fingerprint density at radius 1 is 1.39 bits per heavy atom. The molecule has 1 atom stereocenters. The number of carbonyl (C=O) groups is 1. The van der Waals surface area contributed by atoms with Crippen LogP contribution in [0.1, 0.15) is 35.3 Å². The molecule has 1 heterocycles. The molecule has 0 aliphatic rings. The molecule has 5 nitrogen and oxygen atoms in total. The first kappa shape index (κ1) is 21.6. The van der Waals surface area contributed by atoms with Crippen LogP contribution in [0.15, 0.2) is 35.4 Å². The Kier molecular flexibility index (Phi) is 6.91. The van der Waals surface area contributed by atoms with E-state index in [1.54, 1.807) is 25.1 Å². The third-order valence-electron chi connectivity index (χ3n) is 3.85. The minimum atomic E-state index is -4.67. The fraction of sp³-hybridized carbons (Fsp3) is 0.316. The minimum Gasteiger partial charge on any atom is -0.496 e. The lowest BCUT2D eigenvalue weighted by molar-refractivity contribution is -0.138. The Hall–Kier alpha value is -2.73. The number of thioether (sulfide) groups is 1. The topological polar surface area (TPSA) is 75.0 Å². The molecule has 0 aliphatic carbocycles. The molecule has 1 unspecified atom stereocenters. The van der Waals surface area contributed by atoms with Crippen molar-refractivity contribution < 1.29 is 22.7 Å². The number of ether oxygens (including phenoxy) is 1. The summed E-state index contributed by atoms with van der Waals surface area (Å²) < 4.78 is 44.7. The summed E-state index contributed by atoms with van der Waals surface area (Å²) in [6.07, 6.45) is -4.67. The van der Waals surface area contributed by atoms with E-state index in [0.29, 0.717) is 5.75 Å². The van der Waals surface area contributed by atoms with Crippen molar-refractivity contribution >= 4 is 17.7 Å². The van der Waals surface area contributed by atoms with Gasteiger partial charge >= 0.3 is 6.18 Å². The third kappa shape index (κ3) is 5.16. The number of methoxy groups -OCH3 is 1. The number of halogens is 3. The number of nitriles is 1. The van der Waals surface area contributed by atoms with Crippen molar-refractivity contribution in [3.05, 3.63) is 52.7 Å². The molecule has 0 saturated heterocycles. The molecular formula is C19H18F3N3O2S. The summed E-state index contributed by atoms with van der Waals surface area (Å²) >= 11 is 0.794. The Balaban J connectivity index is 2.13. The number of aromatic nitrogens is 1. The molecule has 0 fully saturated rings. The van der Waals surface area contributed by atoms with Crippen LogP contribution in [-0.2, 0) is 11.0 Å². The molecule has 9 heteroatoms. The van der Waals surface area contributed by atoms with E-state index in [0.717, 1.165) is 23.4 Å². The lowest BCUT2D eigenvalue weighted by atomic mass is 10.1. The van der Waals surface area contributed by atoms with Crippen LogP contribution < -0.4 is 10.1 Å². The van der Waals surface area contributed by atoms with Crippen LogP contribution in [0, 0.1) is 18.3 Å². The molecule has 1 amide bonds. The Morgan fingerprint density at radius 3 is 2.68 bits per heavy atom. The van der Waals surface area contributed by atoms with Gasteiger partial charge in [0.25, 0.3) is 0 Å². The number of hydrogen-bond donors (Lipinski definition) is 1. The zero-order valence-corrected chi connectivity index (χ0v) is 16.2. The summed E-state index contributed by atoms with van der Waals surface area (Å²) in [6, 6.07) is 9.20. The molecule has 2 aromatic rings. The van der Waals surface area contributed by atoms with Gasteiger partial charge in [0, 0.05) is 11.3 Å². The maximum atomic E-state index is 13.1. The second kappa shape index (κ2) is 8.97.